The molecule has 1 aliphatic rings. The molecule has 11 heteroatoms. The van der Waals surface area contributed by atoms with E-state index >= 15 is 4.39 Å². The van der Waals surface area contributed by atoms with E-state index in [1.54, 1.807) is 37.2 Å². The van der Waals surface area contributed by atoms with Gasteiger partial charge in [0.1, 0.15) is 5.69 Å². The zero-order valence-corrected chi connectivity index (χ0v) is 21.9. The number of ether oxygens (including phenoxy) is 2. The first-order valence-corrected chi connectivity index (χ1v) is 12.2. The van der Waals surface area contributed by atoms with Crippen molar-refractivity contribution in [2.24, 2.45) is 0 Å². The Labute approximate surface area is 220 Å². The Morgan fingerprint density at radius 1 is 1.13 bits per heavy atom. The maximum Gasteiger partial charge on any atom is 0.255 e. The molecule has 4 aromatic rings. The zero-order chi connectivity index (χ0) is 26.8. The molecule has 1 N–H and O–H groups in total. The van der Waals surface area contributed by atoms with E-state index in [4.69, 9.17) is 9.47 Å². The second-order valence-corrected chi connectivity index (χ2v) is 9.46. The van der Waals surface area contributed by atoms with E-state index in [1.165, 1.54) is 29.0 Å². The van der Waals surface area contributed by atoms with Crippen LogP contribution < -0.4 is 10.1 Å². The number of hydrogen-bond donors (Lipinski definition) is 1. The first kappa shape index (κ1) is 25.6. The maximum atomic E-state index is 15.3. The summed E-state index contributed by atoms with van der Waals surface area (Å²) in [6.07, 6.45) is 3.39. The number of aryl methyl sites for hydroxylation is 1. The third-order valence-electron chi connectivity index (χ3n) is 6.54. The third kappa shape index (κ3) is 5.15. The minimum atomic E-state index is -0.575. The van der Waals surface area contributed by atoms with Gasteiger partial charge in [-0.15, -0.1) is 5.10 Å². The summed E-state index contributed by atoms with van der Waals surface area (Å²) in [6, 6.07) is 9.63. The van der Waals surface area contributed by atoms with E-state index in [-0.39, 0.29) is 30.4 Å². The van der Waals surface area contributed by atoms with E-state index in [1.807, 2.05) is 0 Å². The van der Waals surface area contributed by atoms with Gasteiger partial charge in [-0.05, 0) is 42.8 Å². The molecule has 0 saturated heterocycles. The number of methoxy groups -OCH3 is 2. The third-order valence-corrected chi connectivity index (χ3v) is 6.54. The number of hydrogen-bond acceptors (Lipinski definition) is 7. The topological polar surface area (TPSA) is 99.3 Å². The van der Waals surface area contributed by atoms with Gasteiger partial charge in [0, 0.05) is 38.5 Å². The number of rotatable bonds is 9. The van der Waals surface area contributed by atoms with Gasteiger partial charge in [-0.3, -0.25) is 14.4 Å². The van der Waals surface area contributed by atoms with Gasteiger partial charge in [-0.1, -0.05) is 23.4 Å². The highest BCUT2D eigenvalue weighted by Crippen LogP contribution is 2.27. The van der Waals surface area contributed by atoms with E-state index < -0.39 is 5.82 Å². The van der Waals surface area contributed by atoms with Crippen molar-refractivity contribution in [3.63, 3.8) is 0 Å². The molecular weight excluding hydrogens is 489 g/mol. The van der Waals surface area contributed by atoms with E-state index in [2.05, 4.69) is 50.9 Å². The fraction of sp³-hybridized carbons (Fsp3) is 0.333. The number of fused-ring (bicyclic) bond motifs is 1. The average Bonchev–Trinajstić information content (AvgIpc) is 3.60. The molecule has 0 atom stereocenters. The Morgan fingerprint density at radius 2 is 1.95 bits per heavy atom. The first-order valence-electron chi connectivity index (χ1n) is 12.2. The van der Waals surface area contributed by atoms with Crippen LogP contribution >= 0.6 is 0 Å². The van der Waals surface area contributed by atoms with E-state index in [0.717, 1.165) is 18.7 Å². The van der Waals surface area contributed by atoms with Gasteiger partial charge in [0.15, 0.2) is 11.6 Å². The smallest absolute Gasteiger partial charge is 0.255 e. The van der Waals surface area contributed by atoms with Gasteiger partial charge in [-0.2, -0.15) is 5.10 Å². The van der Waals surface area contributed by atoms with Crippen molar-refractivity contribution in [2.45, 2.75) is 39.7 Å². The number of halogens is 1. The summed E-state index contributed by atoms with van der Waals surface area (Å²) in [5.74, 6) is -0.890. The monoisotopic (exact) mass is 519 g/mol. The van der Waals surface area contributed by atoms with Crippen molar-refractivity contribution in [3.8, 4) is 11.4 Å². The summed E-state index contributed by atoms with van der Waals surface area (Å²) in [6.45, 7) is 4.25. The van der Waals surface area contributed by atoms with Crippen LogP contribution in [0, 0.1) is 12.7 Å². The standard InChI is InChI=1S/C27H30FN7O3/c1-17-11-35(32-30-17)24-7-8-25(38-4)26(28)21(24)10-29-27(36)22-15-34(31-23(22)16-37-3)12-18-5-6-19-13-33(2)14-20(19)9-18/h5-9,11,15H,10,12-14,16H2,1-4H3,(H,29,36). The molecule has 2 aromatic heterocycles. The van der Waals surface area contributed by atoms with Crippen molar-refractivity contribution in [2.75, 3.05) is 21.3 Å². The maximum absolute atomic E-state index is 15.3. The van der Waals surface area contributed by atoms with Gasteiger partial charge >= 0.3 is 0 Å². The molecule has 5 rings (SSSR count). The number of nitrogens with one attached hydrogen (secondary N) is 1. The van der Waals surface area contributed by atoms with Crippen molar-refractivity contribution in [1.82, 2.24) is 35.0 Å². The minimum Gasteiger partial charge on any atom is -0.494 e. The Hall–Kier alpha value is -4.09. The lowest BCUT2D eigenvalue weighted by Crippen LogP contribution is -2.25. The summed E-state index contributed by atoms with van der Waals surface area (Å²) in [4.78, 5) is 15.5. The molecule has 38 heavy (non-hydrogen) atoms. The predicted octanol–water partition coefficient (Wildman–Crippen LogP) is 2.99. The van der Waals surface area contributed by atoms with Crippen LogP contribution in [0.3, 0.4) is 0 Å². The largest absolute Gasteiger partial charge is 0.494 e. The highest BCUT2D eigenvalue weighted by atomic mass is 19.1. The lowest BCUT2D eigenvalue weighted by atomic mass is 10.1. The molecule has 0 aliphatic carbocycles. The molecular formula is C27H30FN7O3. The molecule has 0 bridgehead atoms. The van der Waals surface area contributed by atoms with E-state index in [0.29, 0.717) is 29.2 Å². The van der Waals surface area contributed by atoms with Crippen LogP contribution in [-0.2, 0) is 37.5 Å². The molecule has 3 heterocycles. The Bertz CT molecular complexity index is 1480. The van der Waals surface area contributed by atoms with Gasteiger partial charge in [0.25, 0.3) is 5.91 Å². The summed E-state index contributed by atoms with van der Waals surface area (Å²) in [5.41, 5.74) is 5.99. The van der Waals surface area contributed by atoms with Crippen LogP contribution in [0.2, 0.25) is 0 Å². The number of benzene rings is 2. The van der Waals surface area contributed by atoms with Crippen molar-refractivity contribution >= 4 is 5.91 Å². The molecule has 0 spiro atoms. The van der Waals surface area contributed by atoms with Gasteiger partial charge in [-0.25, -0.2) is 9.07 Å². The molecule has 1 aliphatic heterocycles. The average molecular weight is 520 g/mol. The second kappa shape index (κ2) is 10.7. The summed E-state index contributed by atoms with van der Waals surface area (Å²) < 4.78 is 28.9. The molecule has 198 valence electrons. The lowest BCUT2D eigenvalue weighted by molar-refractivity contribution is 0.0945. The number of amides is 1. The van der Waals surface area contributed by atoms with E-state index in [9.17, 15) is 4.79 Å². The van der Waals surface area contributed by atoms with Gasteiger partial charge in [0.2, 0.25) is 0 Å². The number of carbonyl (C=O) groups excluding carboxylic acids is 1. The Kier molecular flexibility index (Phi) is 7.21. The SMILES string of the molecule is COCc1nn(Cc2ccc3c(c2)CN(C)C3)cc1C(=O)NCc1c(-n2cc(C)nn2)ccc(OC)c1F. The van der Waals surface area contributed by atoms with Crippen LogP contribution in [-0.4, -0.2) is 56.8 Å². The molecule has 10 nitrogen and oxygen atoms in total. The summed E-state index contributed by atoms with van der Waals surface area (Å²) in [5, 5.41) is 15.5. The first-order chi connectivity index (χ1) is 18.4. The van der Waals surface area contributed by atoms with Gasteiger partial charge < -0.3 is 14.8 Å². The molecule has 0 saturated carbocycles. The molecule has 2 aromatic carbocycles. The normalized spacial score (nSPS) is 13.1. The van der Waals surface area contributed by atoms with Crippen LogP contribution in [0.1, 0.15) is 44.0 Å². The number of aromatic nitrogens is 5. The molecule has 0 radical (unpaired) electrons. The fourth-order valence-corrected chi connectivity index (χ4v) is 4.74. The molecule has 0 unspecified atom stereocenters. The highest BCUT2D eigenvalue weighted by molar-refractivity contribution is 5.95. The number of carbonyl (C=O) groups is 1. The number of nitrogens with zero attached hydrogens (tertiary/aromatic N) is 6. The molecule has 0 fully saturated rings. The lowest BCUT2D eigenvalue weighted by Gasteiger charge is -2.14. The summed E-state index contributed by atoms with van der Waals surface area (Å²) >= 11 is 0. The highest BCUT2D eigenvalue weighted by Gasteiger charge is 2.21. The Morgan fingerprint density at radius 3 is 2.68 bits per heavy atom. The quantitative estimate of drug-likeness (QED) is 0.363. The van der Waals surface area contributed by atoms with Crippen molar-refractivity contribution in [1.29, 1.82) is 0 Å². The fourth-order valence-electron chi connectivity index (χ4n) is 4.74. The predicted molar refractivity (Wildman–Crippen MR) is 137 cm³/mol. The van der Waals surface area contributed by atoms with Crippen LogP contribution in [0.5, 0.6) is 5.75 Å². The van der Waals surface area contributed by atoms with Crippen LogP contribution in [0.15, 0.2) is 42.7 Å². The van der Waals surface area contributed by atoms with Crippen molar-refractivity contribution in [3.05, 3.63) is 87.7 Å². The Balaban J connectivity index is 1.37. The molecule has 1 amide bonds. The summed E-state index contributed by atoms with van der Waals surface area (Å²) in [7, 11) is 5.04. The second-order valence-electron chi connectivity index (χ2n) is 9.46. The van der Waals surface area contributed by atoms with Crippen LogP contribution in [0.4, 0.5) is 4.39 Å². The van der Waals surface area contributed by atoms with Gasteiger partial charge in [0.05, 0.1) is 43.4 Å². The zero-order valence-electron chi connectivity index (χ0n) is 21.9. The minimum absolute atomic E-state index is 0.0725. The van der Waals surface area contributed by atoms with Crippen molar-refractivity contribution < 1.29 is 18.7 Å². The van der Waals surface area contributed by atoms with Crippen LogP contribution in [0.25, 0.3) is 5.69 Å².